The van der Waals surface area contributed by atoms with E-state index in [0.717, 1.165) is 15.6 Å². The lowest BCUT2D eigenvalue weighted by Gasteiger charge is -2.09. The molecule has 1 heterocycles. The van der Waals surface area contributed by atoms with Crippen LogP contribution < -0.4 is 10.6 Å². The minimum absolute atomic E-state index is 0.208. The number of halogens is 1. The molecular formula is C22H16BrN3O2S. The van der Waals surface area contributed by atoms with Gasteiger partial charge >= 0.3 is 0 Å². The lowest BCUT2D eigenvalue weighted by molar-refractivity contribution is 0.0977. The van der Waals surface area contributed by atoms with Gasteiger partial charge in [-0.05, 0) is 73.2 Å². The lowest BCUT2D eigenvalue weighted by Crippen LogP contribution is -2.34. The number of carbonyl (C=O) groups excluding carboxylic acids is 1. The number of oxazole rings is 1. The van der Waals surface area contributed by atoms with Gasteiger partial charge in [0.15, 0.2) is 10.7 Å². The van der Waals surface area contributed by atoms with Gasteiger partial charge in [0.05, 0.1) is 0 Å². The van der Waals surface area contributed by atoms with E-state index in [0.29, 0.717) is 28.2 Å². The SMILES string of the molecule is Cc1ccccc1-c1nc2cc(NC(=S)NC(=O)c3ccc(Br)cc3)ccc2o1. The number of nitrogens with one attached hydrogen (secondary N) is 2. The van der Waals surface area contributed by atoms with E-state index >= 15 is 0 Å². The van der Waals surface area contributed by atoms with E-state index in [4.69, 9.17) is 16.6 Å². The zero-order chi connectivity index (χ0) is 20.4. The van der Waals surface area contributed by atoms with E-state index < -0.39 is 0 Å². The monoisotopic (exact) mass is 465 g/mol. The molecule has 0 fully saturated rings. The van der Waals surface area contributed by atoms with Crippen molar-refractivity contribution in [3.8, 4) is 11.5 Å². The Hall–Kier alpha value is -3.03. The number of thiocarbonyl (C=S) groups is 1. The molecule has 0 aliphatic heterocycles. The van der Waals surface area contributed by atoms with E-state index in [-0.39, 0.29) is 11.0 Å². The summed E-state index contributed by atoms with van der Waals surface area (Å²) in [5, 5.41) is 5.90. The van der Waals surface area contributed by atoms with Gasteiger partial charge in [0, 0.05) is 21.3 Å². The smallest absolute Gasteiger partial charge is 0.257 e. The van der Waals surface area contributed by atoms with Crippen LogP contribution in [0.1, 0.15) is 15.9 Å². The van der Waals surface area contributed by atoms with Gasteiger partial charge in [-0.1, -0.05) is 34.1 Å². The molecule has 5 nitrogen and oxygen atoms in total. The predicted molar refractivity (Wildman–Crippen MR) is 122 cm³/mol. The predicted octanol–water partition coefficient (Wildman–Crippen LogP) is 5.69. The number of aryl methyl sites for hydroxylation is 1. The van der Waals surface area contributed by atoms with Crippen LogP contribution in [0.15, 0.2) is 75.6 Å². The fourth-order valence-electron chi connectivity index (χ4n) is 2.87. The Balaban J connectivity index is 1.49. The normalized spacial score (nSPS) is 10.7. The van der Waals surface area contributed by atoms with E-state index in [1.807, 2.05) is 49.4 Å². The van der Waals surface area contributed by atoms with E-state index in [1.54, 1.807) is 24.3 Å². The van der Waals surface area contributed by atoms with Crippen LogP contribution in [-0.4, -0.2) is 16.0 Å². The van der Waals surface area contributed by atoms with Crippen LogP contribution in [0.5, 0.6) is 0 Å². The van der Waals surface area contributed by atoms with E-state index in [9.17, 15) is 4.79 Å². The molecule has 0 saturated heterocycles. The van der Waals surface area contributed by atoms with Crippen molar-refractivity contribution in [3.63, 3.8) is 0 Å². The molecule has 2 N–H and O–H groups in total. The summed E-state index contributed by atoms with van der Waals surface area (Å²) in [6, 6.07) is 20.5. The van der Waals surface area contributed by atoms with Crippen LogP contribution in [0, 0.1) is 6.92 Å². The Labute approximate surface area is 181 Å². The fourth-order valence-corrected chi connectivity index (χ4v) is 3.35. The largest absolute Gasteiger partial charge is 0.436 e. The van der Waals surface area contributed by atoms with Crippen molar-refractivity contribution in [1.29, 1.82) is 0 Å². The zero-order valence-corrected chi connectivity index (χ0v) is 17.8. The average molecular weight is 466 g/mol. The van der Waals surface area contributed by atoms with Crippen molar-refractivity contribution in [3.05, 3.63) is 82.3 Å². The summed E-state index contributed by atoms with van der Waals surface area (Å²) in [6.45, 7) is 2.02. The fraction of sp³-hybridized carbons (Fsp3) is 0.0455. The van der Waals surface area contributed by atoms with Gasteiger partial charge in [-0.25, -0.2) is 4.98 Å². The molecule has 0 bridgehead atoms. The molecule has 0 aliphatic carbocycles. The number of benzene rings is 3. The van der Waals surface area contributed by atoms with Crippen molar-refractivity contribution in [2.45, 2.75) is 6.92 Å². The molecule has 29 heavy (non-hydrogen) atoms. The maximum absolute atomic E-state index is 12.3. The first-order valence-electron chi connectivity index (χ1n) is 8.84. The second-order valence-corrected chi connectivity index (χ2v) is 7.76. The third-order valence-electron chi connectivity index (χ3n) is 4.35. The topological polar surface area (TPSA) is 67.2 Å². The highest BCUT2D eigenvalue weighted by Crippen LogP contribution is 2.28. The Morgan fingerprint density at radius 1 is 1.07 bits per heavy atom. The minimum Gasteiger partial charge on any atom is -0.436 e. The van der Waals surface area contributed by atoms with Crippen molar-refractivity contribution in [1.82, 2.24) is 10.3 Å². The lowest BCUT2D eigenvalue weighted by atomic mass is 10.1. The third kappa shape index (κ3) is 4.36. The number of fused-ring (bicyclic) bond motifs is 1. The van der Waals surface area contributed by atoms with Crippen LogP contribution in [0.4, 0.5) is 5.69 Å². The number of rotatable bonds is 3. The number of carbonyl (C=O) groups is 1. The molecule has 1 amide bonds. The first-order valence-corrected chi connectivity index (χ1v) is 10.0. The molecule has 4 rings (SSSR count). The van der Waals surface area contributed by atoms with Crippen molar-refractivity contribution in [2.24, 2.45) is 0 Å². The van der Waals surface area contributed by atoms with Crippen molar-refractivity contribution >= 4 is 56.0 Å². The number of nitrogens with zero attached hydrogens (tertiary/aromatic N) is 1. The quantitative estimate of drug-likeness (QED) is 0.380. The summed E-state index contributed by atoms with van der Waals surface area (Å²) < 4.78 is 6.79. The summed E-state index contributed by atoms with van der Waals surface area (Å²) in [4.78, 5) is 16.9. The molecule has 4 aromatic rings. The van der Waals surface area contributed by atoms with Gasteiger partial charge in [0.1, 0.15) is 5.52 Å². The molecule has 0 saturated carbocycles. The molecule has 0 unspecified atom stereocenters. The Kier molecular flexibility index (Phi) is 5.42. The van der Waals surface area contributed by atoms with Gasteiger partial charge in [0.25, 0.3) is 5.91 Å². The number of hydrogen-bond donors (Lipinski definition) is 2. The molecular weight excluding hydrogens is 450 g/mol. The van der Waals surface area contributed by atoms with Gasteiger partial charge in [-0.3, -0.25) is 10.1 Å². The Morgan fingerprint density at radius 3 is 2.59 bits per heavy atom. The number of anilines is 1. The maximum Gasteiger partial charge on any atom is 0.257 e. The number of hydrogen-bond acceptors (Lipinski definition) is 4. The molecule has 144 valence electrons. The molecule has 7 heteroatoms. The second kappa shape index (κ2) is 8.14. The number of aromatic nitrogens is 1. The second-order valence-electron chi connectivity index (χ2n) is 6.43. The summed E-state index contributed by atoms with van der Waals surface area (Å²) in [5.74, 6) is 0.292. The van der Waals surface area contributed by atoms with Crippen LogP contribution in [0.3, 0.4) is 0 Å². The van der Waals surface area contributed by atoms with Crippen molar-refractivity contribution in [2.75, 3.05) is 5.32 Å². The van der Waals surface area contributed by atoms with Gasteiger partial charge in [-0.15, -0.1) is 0 Å². The van der Waals surface area contributed by atoms with Gasteiger partial charge in [0.2, 0.25) is 5.89 Å². The van der Waals surface area contributed by atoms with Crippen LogP contribution >= 0.6 is 28.1 Å². The molecule has 0 aliphatic rings. The van der Waals surface area contributed by atoms with Crippen LogP contribution in [-0.2, 0) is 0 Å². The van der Waals surface area contributed by atoms with Crippen molar-refractivity contribution < 1.29 is 9.21 Å². The van der Waals surface area contributed by atoms with Gasteiger partial charge in [-0.2, -0.15) is 0 Å². The van der Waals surface area contributed by atoms with E-state index in [1.165, 1.54) is 0 Å². The first-order chi connectivity index (χ1) is 14.0. The van der Waals surface area contributed by atoms with Gasteiger partial charge < -0.3 is 9.73 Å². The third-order valence-corrected chi connectivity index (χ3v) is 5.09. The highest BCUT2D eigenvalue weighted by Gasteiger charge is 2.12. The minimum atomic E-state index is -0.278. The zero-order valence-electron chi connectivity index (χ0n) is 15.4. The first kappa shape index (κ1) is 19.3. The Morgan fingerprint density at radius 2 is 1.83 bits per heavy atom. The van der Waals surface area contributed by atoms with E-state index in [2.05, 4.69) is 31.5 Å². The Bertz CT molecular complexity index is 1220. The van der Waals surface area contributed by atoms with Crippen LogP contribution in [0.25, 0.3) is 22.6 Å². The van der Waals surface area contributed by atoms with Crippen LogP contribution in [0.2, 0.25) is 0 Å². The summed E-state index contributed by atoms with van der Waals surface area (Å²) in [7, 11) is 0. The maximum atomic E-state index is 12.3. The summed E-state index contributed by atoms with van der Waals surface area (Å²) >= 11 is 8.61. The highest BCUT2D eigenvalue weighted by atomic mass is 79.9. The molecule has 3 aromatic carbocycles. The molecule has 1 aromatic heterocycles. The summed E-state index contributed by atoms with van der Waals surface area (Å²) in [5.41, 5.74) is 4.66. The standard InChI is InChI=1S/C22H16BrN3O2S/c1-13-4-2-3-5-17(13)21-25-18-12-16(10-11-19(18)28-21)24-22(29)26-20(27)14-6-8-15(23)9-7-14/h2-12H,1H3,(H2,24,26,27,29). The molecule has 0 atom stereocenters. The number of amides is 1. The summed E-state index contributed by atoms with van der Waals surface area (Å²) in [6.07, 6.45) is 0. The average Bonchev–Trinajstić information content (AvgIpc) is 3.11. The highest BCUT2D eigenvalue weighted by molar-refractivity contribution is 9.10. The molecule has 0 spiro atoms. The molecule has 0 radical (unpaired) electrons.